The molecule has 0 nitrogen and oxygen atoms in total. The quantitative estimate of drug-likeness (QED) is 0.642. The Kier molecular flexibility index (Phi) is 2.47. The molecule has 0 saturated heterocycles. The summed E-state index contributed by atoms with van der Waals surface area (Å²) in [6.07, 6.45) is 0. The lowest BCUT2D eigenvalue weighted by Gasteiger charge is -2.11. The Morgan fingerprint density at radius 1 is 1.00 bits per heavy atom. The molecular weight excluding hydrogens is 187 g/mol. The van der Waals surface area contributed by atoms with E-state index in [4.69, 9.17) is 0 Å². The minimum absolute atomic E-state index is 0.122. The fraction of sp³-hybridized carbons (Fsp3) is 0.286. The highest BCUT2D eigenvalue weighted by Gasteiger charge is 2.08. The van der Waals surface area contributed by atoms with Gasteiger partial charge in [-0.1, -0.05) is 38.1 Å². The molecule has 0 saturated carbocycles. The summed E-state index contributed by atoms with van der Waals surface area (Å²) in [5, 5.41) is 2.20. The second-order valence-corrected chi connectivity index (χ2v) is 4.27. The molecule has 0 aliphatic carbocycles. The predicted molar refractivity (Wildman–Crippen MR) is 62.7 cm³/mol. The maximum atomic E-state index is 13.4. The molecule has 1 heteroatoms. The largest absolute Gasteiger partial charge is 0.207 e. The molecule has 0 aliphatic heterocycles. The topological polar surface area (TPSA) is 0 Å². The molecule has 2 aromatic carbocycles. The van der Waals surface area contributed by atoms with Gasteiger partial charge in [-0.05, 0) is 40.8 Å². The molecule has 2 rings (SSSR count). The Morgan fingerprint density at radius 3 is 2.40 bits per heavy atom. The third-order valence-electron chi connectivity index (χ3n) is 2.92. The number of benzene rings is 2. The molecule has 2 aromatic rings. The SMILES string of the molecule is Cc1c(F)ccc2c(C(C)C)cccc12. The number of rotatable bonds is 1. The van der Waals surface area contributed by atoms with Crippen LogP contribution in [0.4, 0.5) is 4.39 Å². The fourth-order valence-electron chi connectivity index (χ4n) is 2.01. The minimum atomic E-state index is -0.122. The van der Waals surface area contributed by atoms with Crippen molar-refractivity contribution in [2.24, 2.45) is 0 Å². The van der Waals surface area contributed by atoms with E-state index in [1.165, 1.54) is 10.9 Å². The van der Waals surface area contributed by atoms with E-state index in [1.807, 2.05) is 25.1 Å². The molecule has 0 fully saturated rings. The van der Waals surface area contributed by atoms with E-state index in [0.29, 0.717) is 5.92 Å². The first-order valence-corrected chi connectivity index (χ1v) is 5.29. The molecular formula is C14H15F. The van der Waals surface area contributed by atoms with E-state index in [2.05, 4.69) is 19.9 Å². The normalized spacial score (nSPS) is 11.3. The van der Waals surface area contributed by atoms with Gasteiger partial charge in [-0.3, -0.25) is 0 Å². The van der Waals surface area contributed by atoms with E-state index >= 15 is 0 Å². The number of hydrogen-bond acceptors (Lipinski definition) is 0. The van der Waals surface area contributed by atoms with E-state index in [-0.39, 0.29) is 5.82 Å². The van der Waals surface area contributed by atoms with Crippen LogP contribution in [0.15, 0.2) is 30.3 Å². The Labute approximate surface area is 89.7 Å². The van der Waals surface area contributed by atoms with E-state index in [1.54, 1.807) is 6.07 Å². The molecule has 0 radical (unpaired) electrons. The van der Waals surface area contributed by atoms with E-state index in [0.717, 1.165) is 10.9 Å². The van der Waals surface area contributed by atoms with Crippen molar-refractivity contribution in [2.45, 2.75) is 26.7 Å². The van der Waals surface area contributed by atoms with Crippen molar-refractivity contribution < 1.29 is 4.39 Å². The van der Waals surface area contributed by atoms with Crippen LogP contribution in [0, 0.1) is 12.7 Å². The molecule has 0 N–H and O–H groups in total. The van der Waals surface area contributed by atoms with Crippen molar-refractivity contribution in [1.29, 1.82) is 0 Å². The molecule has 0 spiro atoms. The number of fused-ring (bicyclic) bond motifs is 1. The highest BCUT2D eigenvalue weighted by atomic mass is 19.1. The molecule has 15 heavy (non-hydrogen) atoms. The first kappa shape index (κ1) is 10.2. The zero-order valence-electron chi connectivity index (χ0n) is 9.34. The van der Waals surface area contributed by atoms with Crippen LogP contribution in [0.3, 0.4) is 0 Å². The van der Waals surface area contributed by atoms with Crippen LogP contribution >= 0.6 is 0 Å². The van der Waals surface area contributed by atoms with Crippen molar-refractivity contribution in [3.05, 3.63) is 47.3 Å². The predicted octanol–water partition coefficient (Wildman–Crippen LogP) is 4.41. The molecule has 0 bridgehead atoms. The standard InChI is InChI=1S/C14H15F/c1-9(2)11-5-4-6-12-10(3)14(15)8-7-13(11)12/h4-9H,1-3H3. The van der Waals surface area contributed by atoms with Crippen LogP contribution in [0.2, 0.25) is 0 Å². The Balaban J connectivity index is 2.83. The van der Waals surface area contributed by atoms with Crippen molar-refractivity contribution in [2.75, 3.05) is 0 Å². The lowest BCUT2D eigenvalue weighted by Crippen LogP contribution is -1.92. The first-order chi connectivity index (χ1) is 7.11. The van der Waals surface area contributed by atoms with Gasteiger partial charge in [-0.25, -0.2) is 4.39 Å². The average Bonchev–Trinajstić information content (AvgIpc) is 2.23. The summed E-state index contributed by atoms with van der Waals surface area (Å²) in [6.45, 7) is 6.16. The average molecular weight is 202 g/mol. The van der Waals surface area contributed by atoms with E-state index < -0.39 is 0 Å². The molecule has 0 aliphatic rings. The van der Waals surface area contributed by atoms with Gasteiger partial charge in [0, 0.05) is 0 Å². The molecule has 0 amide bonds. The lowest BCUT2D eigenvalue weighted by atomic mass is 9.94. The van der Waals surface area contributed by atoms with Gasteiger partial charge in [0.05, 0.1) is 0 Å². The summed E-state index contributed by atoms with van der Waals surface area (Å²) in [4.78, 5) is 0. The number of halogens is 1. The molecule has 78 valence electrons. The van der Waals surface area contributed by atoms with Crippen molar-refractivity contribution in [3.63, 3.8) is 0 Å². The molecule has 0 aromatic heterocycles. The maximum Gasteiger partial charge on any atom is 0.126 e. The Bertz CT molecular complexity index is 498. The summed E-state index contributed by atoms with van der Waals surface area (Å²) in [6, 6.07) is 9.55. The fourth-order valence-corrected chi connectivity index (χ4v) is 2.01. The summed E-state index contributed by atoms with van der Waals surface area (Å²) in [5.74, 6) is 0.349. The zero-order valence-corrected chi connectivity index (χ0v) is 9.34. The number of aryl methyl sites for hydroxylation is 1. The third-order valence-corrected chi connectivity index (χ3v) is 2.92. The highest BCUT2D eigenvalue weighted by Crippen LogP contribution is 2.28. The molecule has 0 atom stereocenters. The van der Waals surface area contributed by atoms with E-state index in [9.17, 15) is 4.39 Å². The minimum Gasteiger partial charge on any atom is -0.207 e. The Hall–Kier alpha value is -1.37. The smallest absolute Gasteiger partial charge is 0.126 e. The van der Waals surface area contributed by atoms with Crippen molar-refractivity contribution in [1.82, 2.24) is 0 Å². The van der Waals surface area contributed by atoms with Gasteiger partial charge in [-0.2, -0.15) is 0 Å². The summed E-state index contributed by atoms with van der Waals surface area (Å²) < 4.78 is 13.4. The summed E-state index contributed by atoms with van der Waals surface area (Å²) in [7, 11) is 0. The van der Waals surface area contributed by atoms with Crippen molar-refractivity contribution >= 4 is 10.8 Å². The molecule has 0 heterocycles. The lowest BCUT2D eigenvalue weighted by molar-refractivity contribution is 0.621. The van der Waals surface area contributed by atoms with Crippen LogP contribution in [0.1, 0.15) is 30.9 Å². The van der Waals surface area contributed by atoms with Gasteiger partial charge in [0.15, 0.2) is 0 Å². The van der Waals surface area contributed by atoms with Crippen molar-refractivity contribution in [3.8, 4) is 0 Å². The first-order valence-electron chi connectivity index (χ1n) is 5.29. The monoisotopic (exact) mass is 202 g/mol. The highest BCUT2D eigenvalue weighted by molar-refractivity contribution is 5.89. The van der Waals surface area contributed by atoms with Crippen LogP contribution in [-0.2, 0) is 0 Å². The van der Waals surface area contributed by atoms with Gasteiger partial charge in [0.25, 0.3) is 0 Å². The Morgan fingerprint density at radius 2 is 1.73 bits per heavy atom. The van der Waals surface area contributed by atoms with Gasteiger partial charge in [0.1, 0.15) is 5.82 Å². The van der Waals surface area contributed by atoms with Crippen LogP contribution < -0.4 is 0 Å². The van der Waals surface area contributed by atoms with Gasteiger partial charge in [-0.15, -0.1) is 0 Å². The summed E-state index contributed by atoms with van der Waals surface area (Å²) in [5.41, 5.74) is 2.03. The van der Waals surface area contributed by atoms with Gasteiger partial charge in [0.2, 0.25) is 0 Å². The number of hydrogen-bond donors (Lipinski definition) is 0. The van der Waals surface area contributed by atoms with Crippen LogP contribution in [0.25, 0.3) is 10.8 Å². The third kappa shape index (κ3) is 1.63. The van der Waals surface area contributed by atoms with Gasteiger partial charge < -0.3 is 0 Å². The summed E-state index contributed by atoms with van der Waals surface area (Å²) >= 11 is 0. The second-order valence-electron chi connectivity index (χ2n) is 4.27. The van der Waals surface area contributed by atoms with Crippen LogP contribution in [-0.4, -0.2) is 0 Å². The second kappa shape index (κ2) is 3.65. The zero-order chi connectivity index (χ0) is 11.0. The van der Waals surface area contributed by atoms with Gasteiger partial charge >= 0.3 is 0 Å². The van der Waals surface area contributed by atoms with Crippen LogP contribution in [0.5, 0.6) is 0 Å². The maximum absolute atomic E-state index is 13.4. The molecule has 0 unspecified atom stereocenters.